The van der Waals surface area contributed by atoms with Crippen molar-refractivity contribution in [3.8, 4) is 11.5 Å². The molecule has 0 saturated carbocycles. The fourth-order valence-electron chi connectivity index (χ4n) is 4.04. The Bertz CT molecular complexity index is 1170. The maximum absolute atomic E-state index is 12.0. The molecule has 0 atom stereocenters. The van der Waals surface area contributed by atoms with Crippen molar-refractivity contribution in [3.63, 3.8) is 0 Å². The number of para-hydroxylation sites is 2. The zero-order valence-corrected chi connectivity index (χ0v) is 22.6. The summed E-state index contributed by atoms with van der Waals surface area (Å²) in [6.45, 7) is 8.71. The van der Waals surface area contributed by atoms with E-state index in [1.54, 1.807) is 0 Å². The minimum absolute atomic E-state index is 0.189. The summed E-state index contributed by atoms with van der Waals surface area (Å²) in [5.41, 5.74) is 3.24. The molecule has 202 valence electrons. The van der Waals surface area contributed by atoms with Crippen LogP contribution in [0.2, 0.25) is 0 Å². The number of anilines is 1. The second-order valence-electron chi connectivity index (χ2n) is 9.18. The maximum atomic E-state index is 12.0. The predicted octanol–water partition coefficient (Wildman–Crippen LogP) is 3.13. The minimum atomic E-state index is -2.81. The van der Waals surface area contributed by atoms with E-state index in [0.29, 0.717) is 45.1 Å². The van der Waals surface area contributed by atoms with E-state index in [1.165, 1.54) is 6.92 Å². The lowest BCUT2D eigenvalue weighted by Crippen LogP contribution is -2.41. The molecule has 0 radical (unpaired) electrons. The average Bonchev–Trinajstić information content (AvgIpc) is 3.25. The number of benzene rings is 2. The van der Waals surface area contributed by atoms with Gasteiger partial charge in [0.25, 0.3) is 0 Å². The molecule has 1 saturated heterocycles. The molecule has 0 bridgehead atoms. The van der Waals surface area contributed by atoms with Gasteiger partial charge in [-0.2, -0.15) is 0 Å². The Morgan fingerprint density at radius 3 is 2.46 bits per heavy atom. The van der Waals surface area contributed by atoms with E-state index in [-0.39, 0.29) is 23.4 Å². The molecule has 1 fully saturated rings. The van der Waals surface area contributed by atoms with E-state index in [0.717, 1.165) is 35.5 Å². The summed E-state index contributed by atoms with van der Waals surface area (Å²) < 4.78 is 37.9. The van der Waals surface area contributed by atoms with E-state index in [4.69, 9.17) is 14.2 Å². The first-order chi connectivity index (χ1) is 17.6. The van der Waals surface area contributed by atoms with Gasteiger partial charge in [-0.05, 0) is 44.0 Å². The average molecular weight is 533 g/mol. The quantitative estimate of drug-likeness (QED) is 0.375. The van der Waals surface area contributed by atoms with Crippen molar-refractivity contribution in [1.29, 1.82) is 0 Å². The maximum Gasteiger partial charge on any atom is 0.311 e. The first-order valence-corrected chi connectivity index (χ1v) is 14.3. The van der Waals surface area contributed by atoms with Crippen LogP contribution in [-0.2, 0) is 24.2 Å². The molecule has 37 heavy (non-hydrogen) atoms. The van der Waals surface area contributed by atoms with Gasteiger partial charge in [0.2, 0.25) is 0 Å². The highest BCUT2D eigenvalue weighted by atomic mass is 32.2. The van der Waals surface area contributed by atoms with Crippen molar-refractivity contribution in [2.75, 3.05) is 55.9 Å². The van der Waals surface area contributed by atoms with Crippen molar-refractivity contribution in [1.82, 2.24) is 4.90 Å². The van der Waals surface area contributed by atoms with Gasteiger partial charge in [-0.1, -0.05) is 29.8 Å². The molecule has 9 nitrogen and oxygen atoms in total. The van der Waals surface area contributed by atoms with Crippen molar-refractivity contribution >= 4 is 27.5 Å². The molecule has 0 N–H and O–H groups in total. The highest BCUT2D eigenvalue weighted by Gasteiger charge is 2.21. The normalized spacial score (nSPS) is 16.1. The first-order valence-electron chi connectivity index (χ1n) is 12.4. The fourth-order valence-corrected chi connectivity index (χ4v) is 5.31. The number of sulfone groups is 1. The number of carbonyl (C=O) groups is 2. The lowest BCUT2D eigenvalue weighted by molar-refractivity contribution is -0.141. The lowest BCUT2D eigenvalue weighted by Gasteiger charge is -2.25. The van der Waals surface area contributed by atoms with Gasteiger partial charge in [-0.3, -0.25) is 14.5 Å². The number of hydrogen-bond acceptors (Lipinski definition) is 9. The molecule has 0 spiro atoms. The molecule has 2 aliphatic rings. The number of aryl methyl sites for hydroxylation is 2. The van der Waals surface area contributed by atoms with Crippen molar-refractivity contribution in [2.24, 2.45) is 0 Å². The van der Waals surface area contributed by atoms with E-state index >= 15 is 0 Å². The zero-order valence-electron chi connectivity index (χ0n) is 21.8. The standard InChI is InChI=1S/C19H21NO3.C8H15NO4S/c1-14-9-10-17(15(2)12-14)23-19(21)8-5-11-20-13-22-18-7-4-3-6-16(18)20;1-8(10)13-5-2-9-3-6-14(11,12)7-4-9/h3-4,6-7,9-10,12H,5,8,11,13H2,1-2H3;2-7H2,1H3. The summed E-state index contributed by atoms with van der Waals surface area (Å²) in [6, 6.07) is 13.8. The van der Waals surface area contributed by atoms with Crippen LogP contribution in [0.25, 0.3) is 0 Å². The van der Waals surface area contributed by atoms with Crippen molar-refractivity contribution in [3.05, 3.63) is 53.6 Å². The van der Waals surface area contributed by atoms with Crippen molar-refractivity contribution < 1.29 is 32.2 Å². The van der Waals surface area contributed by atoms with Gasteiger partial charge in [-0.15, -0.1) is 0 Å². The summed E-state index contributed by atoms with van der Waals surface area (Å²) in [7, 11) is -2.81. The Morgan fingerprint density at radius 2 is 1.76 bits per heavy atom. The number of fused-ring (bicyclic) bond motifs is 1. The zero-order chi connectivity index (χ0) is 26.8. The van der Waals surface area contributed by atoms with Gasteiger partial charge in [0.1, 0.15) is 18.1 Å². The summed E-state index contributed by atoms with van der Waals surface area (Å²) in [5, 5.41) is 0. The fraction of sp³-hybridized carbons (Fsp3) is 0.481. The molecule has 0 aromatic heterocycles. The summed E-state index contributed by atoms with van der Waals surface area (Å²) in [5.74, 6) is 1.50. The molecule has 4 rings (SSSR count). The van der Waals surface area contributed by atoms with Crippen LogP contribution < -0.4 is 14.4 Å². The third-order valence-electron chi connectivity index (χ3n) is 6.09. The molecule has 0 unspecified atom stereocenters. The van der Waals surface area contributed by atoms with Gasteiger partial charge in [0.05, 0.1) is 17.2 Å². The largest absolute Gasteiger partial charge is 0.471 e. The van der Waals surface area contributed by atoms with Crippen molar-refractivity contribution in [2.45, 2.75) is 33.6 Å². The number of esters is 2. The number of nitrogens with zero attached hydrogens (tertiary/aromatic N) is 2. The topological polar surface area (TPSA) is 102 Å². The summed E-state index contributed by atoms with van der Waals surface area (Å²) >= 11 is 0. The SMILES string of the molecule is CC(=O)OCCN1CCS(=O)(=O)CC1.Cc1ccc(OC(=O)CCCN2COc3ccccc32)c(C)c1. The Hall–Kier alpha value is -3.11. The molecule has 2 aromatic carbocycles. The van der Waals surface area contributed by atoms with Gasteiger partial charge in [0, 0.05) is 39.5 Å². The van der Waals surface area contributed by atoms with E-state index in [2.05, 4.69) is 4.90 Å². The Morgan fingerprint density at radius 1 is 1.03 bits per heavy atom. The number of ether oxygens (including phenoxy) is 3. The van der Waals surface area contributed by atoms with Gasteiger partial charge >= 0.3 is 11.9 Å². The molecular formula is C27H36N2O7S. The molecule has 0 amide bonds. The molecule has 10 heteroatoms. The van der Waals surface area contributed by atoms with E-state index < -0.39 is 9.84 Å². The molecular weight excluding hydrogens is 496 g/mol. The van der Waals surface area contributed by atoms with Gasteiger partial charge in [0.15, 0.2) is 16.6 Å². The van der Waals surface area contributed by atoms with E-state index in [9.17, 15) is 18.0 Å². The lowest BCUT2D eigenvalue weighted by atomic mass is 10.1. The van der Waals surface area contributed by atoms with Crippen LogP contribution >= 0.6 is 0 Å². The highest BCUT2D eigenvalue weighted by Crippen LogP contribution is 2.33. The third kappa shape index (κ3) is 9.36. The first kappa shape index (κ1) is 28.5. The van der Waals surface area contributed by atoms with Crippen LogP contribution in [0.3, 0.4) is 0 Å². The van der Waals surface area contributed by atoms with E-state index in [1.807, 2.05) is 61.2 Å². The number of hydrogen-bond donors (Lipinski definition) is 0. The molecule has 2 aromatic rings. The van der Waals surface area contributed by atoms with Crippen LogP contribution in [0.5, 0.6) is 11.5 Å². The minimum Gasteiger partial charge on any atom is -0.471 e. The summed E-state index contributed by atoms with van der Waals surface area (Å²) in [6.07, 6.45) is 1.13. The Balaban J connectivity index is 0.000000233. The second kappa shape index (κ2) is 13.4. The van der Waals surface area contributed by atoms with Crippen LogP contribution in [0.15, 0.2) is 42.5 Å². The second-order valence-corrected chi connectivity index (χ2v) is 11.5. The molecule has 0 aliphatic carbocycles. The van der Waals surface area contributed by atoms with Crippen LogP contribution in [-0.4, -0.2) is 76.3 Å². The molecule has 2 heterocycles. The Kier molecular flexibility index (Phi) is 10.3. The van der Waals surface area contributed by atoms with Gasteiger partial charge in [-0.25, -0.2) is 8.42 Å². The summed E-state index contributed by atoms with van der Waals surface area (Å²) in [4.78, 5) is 26.6. The monoisotopic (exact) mass is 532 g/mol. The predicted molar refractivity (Wildman–Crippen MR) is 142 cm³/mol. The third-order valence-corrected chi connectivity index (χ3v) is 7.70. The van der Waals surface area contributed by atoms with Crippen LogP contribution in [0, 0.1) is 13.8 Å². The highest BCUT2D eigenvalue weighted by molar-refractivity contribution is 7.91. The number of carbonyl (C=O) groups excluding carboxylic acids is 2. The van der Waals surface area contributed by atoms with Crippen LogP contribution in [0.4, 0.5) is 5.69 Å². The molecule has 2 aliphatic heterocycles. The Labute approximate surface area is 219 Å². The van der Waals surface area contributed by atoms with Crippen LogP contribution in [0.1, 0.15) is 30.9 Å². The smallest absolute Gasteiger partial charge is 0.311 e. The van der Waals surface area contributed by atoms with Gasteiger partial charge < -0.3 is 19.1 Å². The number of rotatable bonds is 8.